The Kier molecular flexibility index (Phi) is 4.58. The van der Waals surface area contributed by atoms with Gasteiger partial charge in [0.25, 0.3) is 5.91 Å². The fourth-order valence-electron chi connectivity index (χ4n) is 3.68. The maximum atomic E-state index is 13.9. The van der Waals surface area contributed by atoms with Crippen molar-refractivity contribution in [3.8, 4) is 0 Å². The van der Waals surface area contributed by atoms with E-state index in [4.69, 9.17) is 0 Å². The number of halogens is 2. The monoisotopic (exact) mass is 383 g/mol. The van der Waals surface area contributed by atoms with E-state index >= 15 is 0 Å². The Morgan fingerprint density at radius 1 is 1.11 bits per heavy atom. The molecular formula is C21H19F2N3O2. The predicted molar refractivity (Wildman–Crippen MR) is 102 cm³/mol. The second kappa shape index (κ2) is 7.07. The van der Waals surface area contributed by atoms with Crippen molar-refractivity contribution in [2.24, 2.45) is 7.05 Å². The van der Waals surface area contributed by atoms with Crippen LogP contribution in [0.2, 0.25) is 0 Å². The highest BCUT2D eigenvalue weighted by Gasteiger charge is 2.31. The fraction of sp³-hybridized carbons (Fsp3) is 0.238. The predicted octanol–water partition coefficient (Wildman–Crippen LogP) is 3.51. The Morgan fingerprint density at radius 2 is 1.82 bits per heavy atom. The summed E-state index contributed by atoms with van der Waals surface area (Å²) in [4.78, 5) is 26.9. The summed E-state index contributed by atoms with van der Waals surface area (Å²) in [6.07, 6.45) is 1.10. The van der Waals surface area contributed by atoms with Crippen LogP contribution in [0.1, 0.15) is 28.9 Å². The molecule has 4 rings (SSSR count). The van der Waals surface area contributed by atoms with Gasteiger partial charge in [0.15, 0.2) is 0 Å². The van der Waals surface area contributed by atoms with Crippen molar-refractivity contribution < 1.29 is 18.4 Å². The van der Waals surface area contributed by atoms with E-state index in [0.717, 1.165) is 5.56 Å². The van der Waals surface area contributed by atoms with Crippen molar-refractivity contribution in [2.45, 2.75) is 19.4 Å². The number of amides is 2. The number of aryl methyl sites for hydroxylation is 1. The summed E-state index contributed by atoms with van der Waals surface area (Å²) in [5, 5.41) is 3.35. The van der Waals surface area contributed by atoms with E-state index in [1.807, 2.05) is 0 Å². The van der Waals surface area contributed by atoms with Gasteiger partial charge in [-0.15, -0.1) is 0 Å². The number of fused-ring (bicyclic) bond motifs is 1. The highest BCUT2D eigenvalue weighted by Crippen LogP contribution is 2.36. The van der Waals surface area contributed by atoms with Gasteiger partial charge >= 0.3 is 0 Å². The molecule has 2 aromatic carbocycles. The van der Waals surface area contributed by atoms with Gasteiger partial charge in [-0.05, 0) is 42.3 Å². The summed E-state index contributed by atoms with van der Waals surface area (Å²) in [5.74, 6) is -1.23. The van der Waals surface area contributed by atoms with Gasteiger partial charge in [0.1, 0.15) is 17.3 Å². The quantitative estimate of drug-likeness (QED) is 0.750. The lowest BCUT2D eigenvalue weighted by molar-refractivity contribution is -0.117. The van der Waals surface area contributed by atoms with E-state index in [1.54, 1.807) is 34.7 Å². The lowest BCUT2D eigenvalue weighted by atomic mass is 10.2. The third-order valence-corrected chi connectivity index (χ3v) is 5.06. The zero-order valence-electron chi connectivity index (χ0n) is 15.3. The Balaban J connectivity index is 1.74. The van der Waals surface area contributed by atoms with E-state index in [0.29, 0.717) is 41.7 Å². The summed E-state index contributed by atoms with van der Waals surface area (Å²) in [5.41, 5.74) is 2.16. The average Bonchev–Trinajstić information content (AvgIpc) is 3.21. The third-order valence-electron chi connectivity index (χ3n) is 5.06. The van der Waals surface area contributed by atoms with Crippen LogP contribution in [-0.2, 0) is 18.4 Å². The molecule has 0 saturated carbocycles. The zero-order valence-corrected chi connectivity index (χ0v) is 15.3. The molecule has 0 atom stereocenters. The molecule has 0 radical (unpaired) electrons. The molecule has 2 amide bonds. The van der Waals surface area contributed by atoms with Gasteiger partial charge in [0.05, 0.1) is 11.2 Å². The summed E-state index contributed by atoms with van der Waals surface area (Å²) in [6.45, 7) is 0.703. The zero-order chi connectivity index (χ0) is 19.8. The van der Waals surface area contributed by atoms with Crippen LogP contribution < -0.4 is 10.2 Å². The van der Waals surface area contributed by atoms with Crippen LogP contribution in [0.3, 0.4) is 0 Å². The van der Waals surface area contributed by atoms with Gasteiger partial charge in [-0.2, -0.15) is 0 Å². The molecule has 1 aliphatic rings. The first-order valence-electron chi connectivity index (χ1n) is 9.06. The molecule has 1 aromatic heterocycles. The minimum Gasteiger partial charge on any atom is -0.347 e. The smallest absolute Gasteiger partial charge is 0.270 e. The SMILES string of the molecule is Cn1c(C(=O)NCc2ccc(F)cc2)c(N2CCCC2=O)c2cc(F)ccc21. The molecule has 0 aliphatic carbocycles. The molecule has 144 valence electrons. The van der Waals surface area contributed by atoms with E-state index < -0.39 is 5.82 Å². The maximum absolute atomic E-state index is 13.9. The van der Waals surface area contributed by atoms with Crippen molar-refractivity contribution in [1.29, 1.82) is 0 Å². The van der Waals surface area contributed by atoms with Crippen molar-refractivity contribution in [3.05, 3.63) is 65.4 Å². The molecule has 1 N–H and O–H groups in total. The lowest BCUT2D eigenvalue weighted by Crippen LogP contribution is -2.30. The van der Waals surface area contributed by atoms with Crippen molar-refractivity contribution in [2.75, 3.05) is 11.4 Å². The second-order valence-electron chi connectivity index (χ2n) is 6.88. The number of carbonyl (C=O) groups excluding carboxylic acids is 2. The molecule has 1 fully saturated rings. The first kappa shape index (κ1) is 18.2. The topological polar surface area (TPSA) is 54.3 Å². The summed E-state index contributed by atoms with van der Waals surface area (Å²) in [7, 11) is 1.72. The van der Waals surface area contributed by atoms with Crippen molar-refractivity contribution in [1.82, 2.24) is 9.88 Å². The Bertz CT molecular complexity index is 1070. The van der Waals surface area contributed by atoms with Gasteiger partial charge in [0, 0.05) is 31.9 Å². The standard InChI is InChI=1S/C21H19F2N3O2/c1-25-17-9-8-15(23)11-16(17)19(26-10-2-3-18(26)27)20(25)21(28)24-12-13-4-6-14(22)7-5-13/h4-9,11H,2-3,10,12H2,1H3,(H,24,28). The van der Waals surface area contributed by atoms with Crippen LogP contribution >= 0.6 is 0 Å². The van der Waals surface area contributed by atoms with E-state index in [9.17, 15) is 18.4 Å². The summed E-state index contributed by atoms with van der Waals surface area (Å²) < 4.78 is 28.6. The maximum Gasteiger partial charge on any atom is 0.270 e. The lowest BCUT2D eigenvalue weighted by Gasteiger charge is -2.18. The van der Waals surface area contributed by atoms with Crippen molar-refractivity contribution in [3.63, 3.8) is 0 Å². The Labute approximate surface area is 160 Å². The van der Waals surface area contributed by atoms with Crippen LogP contribution in [0, 0.1) is 11.6 Å². The van der Waals surface area contributed by atoms with Gasteiger partial charge in [0.2, 0.25) is 5.91 Å². The van der Waals surface area contributed by atoms with E-state index in [-0.39, 0.29) is 24.2 Å². The highest BCUT2D eigenvalue weighted by atomic mass is 19.1. The molecule has 3 aromatic rings. The number of carbonyl (C=O) groups is 2. The van der Waals surface area contributed by atoms with Crippen LogP contribution in [0.15, 0.2) is 42.5 Å². The van der Waals surface area contributed by atoms with E-state index in [1.165, 1.54) is 24.3 Å². The molecule has 28 heavy (non-hydrogen) atoms. The van der Waals surface area contributed by atoms with Crippen LogP contribution in [0.4, 0.5) is 14.5 Å². The molecule has 0 unspecified atom stereocenters. The Hall–Kier alpha value is -3.22. The Morgan fingerprint density at radius 3 is 2.50 bits per heavy atom. The number of rotatable bonds is 4. The number of anilines is 1. The molecule has 7 heteroatoms. The normalized spacial score (nSPS) is 14.1. The number of benzene rings is 2. The van der Waals surface area contributed by atoms with Crippen LogP contribution in [-0.4, -0.2) is 22.9 Å². The molecule has 1 saturated heterocycles. The summed E-state index contributed by atoms with van der Waals surface area (Å²) >= 11 is 0. The number of nitrogens with one attached hydrogen (secondary N) is 1. The van der Waals surface area contributed by atoms with Gasteiger partial charge in [-0.1, -0.05) is 12.1 Å². The van der Waals surface area contributed by atoms with Gasteiger partial charge < -0.3 is 14.8 Å². The minimum absolute atomic E-state index is 0.0793. The number of hydrogen-bond donors (Lipinski definition) is 1. The first-order chi connectivity index (χ1) is 13.5. The molecular weight excluding hydrogens is 364 g/mol. The number of aromatic nitrogens is 1. The van der Waals surface area contributed by atoms with Gasteiger partial charge in [-0.3, -0.25) is 9.59 Å². The molecule has 5 nitrogen and oxygen atoms in total. The highest BCUT2D eigenvalue weighted by molar-refractivity contribution is 6.14. The minimum atomic E-state index is -0.427. The largest absolute Gasteiger partial charge is 0.347 e. The summed E-state index contributed by atoms with van der Waals surface area (Å²) in [6, 6.07) is 10.1. The third kappa shape index (κ3) is 3.13. The molecule has 2 heterocycles. The van der Waals surface area contributed by atoms with Crippen LogP contribution in [0.25, 0.3) is 10.9 Å². The second-order valence-corrected chi connectivity index (χ2v) is 6.88. The van der Waals surface area contributed by atoms with E-state index in [2.05, 4.69) is 5.32 Å². The average molecular weight is 383 g/mol. The molecule has 0 spiro atoms. The van der Waals surface area contributed by atoms with Gasteiger partial charge in [-0.25, -0.2) is 8.78 Å². The van der Waals surface area contributed by atoms with Crippen molar-refractivity contribution >= 4 is 28.4 Å². The number of hydrogen-bond acceptors (Lipinski definition) is 2. The molecule has 1 aliphatic heterocycles. The molecule has 0 bridgehead atoms. The number of nitrogens with zero attached hydrogens (tertiary/aromatic N) is 2. The van der Waals surface area contributed by atoms with Crippen LogP contribution in [0.5, 0.6) is 0 Å². The first-order valence-corrected chi connectivity index (χ1v) is 9.06. The fourth-order valence-corrected chi connectivity index (χ4v) is 3.68.